The van der Waals surface area contributed by atoms with Gasteiger partial charge in [0.25, 0.3) is 0 Å². The Kier molecular flexibility index (Phi) is 11.1. The fourth-order valence-corrected chi connectivity index (χ4v) is 10.7. The van der Waals surface area contributed by atoms with Crippen LogP contribution in [0.5, 0.6) is 0 Å². The molecule has 0 bridgehead atoms. The molecule has 464 valence electrons. The molecule has 4 heterocycles. The van der Waals surface area contributed by atoms with Gasteiger partial charge in [0.05, 0.1) is 20.6 Å². The second-order valence-electron chi connectivity index (χ2n) is 23.5. The molecule has 12 aromatic rings. The number of hydrogen-bond acceptors (Lipinski definition) is 0. The first-order valence-electron chi connectivity index (χ1n) is 47.0. The Labute approximate surface area is 600 Å². The van der Waals surface area contributed by atoms with Gasteiger partial charge < -0.3 is 0 Å². The zero-order valence-electron chi connectivity index (χ0n) is 88.7. The second-order valence-corrected chi connectivity index (χ2v) is 23.5. The zero-order chi connectivity index (χ0) is 95.8. The molecule has 0 amide bonds. The summed E-state index contributed by atoms with van der Waals surface area (Å²) in [5, 5.41) is 0. The Morgan fingerprint density at radius 1 is 0.326 bits per heavy atom. The Morgan fingerprint density at radius 3 is 1.12 bits per heavy atom. The molecule has 4 heteroatoms. The van der Waals surface area contributed by atoms with E-state index in [4.69, 9.17) is 48.0 Å². The highest BCUT2D eigenvalue weighted by molar-refractivity contribution is 5.79. The molecule has 4 nitrogen and oxygen atoms in total. The molecular weight excluding hydrogens is 1110 g/mol. The summed E-state index contributed by atoms with van der Waals surface area (Å²) in [6, 6.07) is 28.7. The summed E-state index contributed by atoms with van der Waals surface area (Å²) in [5.41, 5.74) is 10.5. The fourth-order valence-electron chi connectivity index (χ4n) is 10.7. The first kappa shape index (κ1) is 34.7. The number of rotatable bonds is 9. The van der Waals surface area contributed by atoms with Crippen molar-refractivity contribution in [1.82, 2.24) is 0 Å². The molecule has 0 aliphatic heterocycles. The van der Waals surface area contributed by atoms with Gasteiger partial charge in [0.15, 0.2) is 24.8 Å². The van der Waals surface area contributed by atoms with Gasteiger partial charge in [-0.25, -0.2) is 18.3 Å². The van der Waals surface area contributed by atoms with Gasteiger partial charge in [0.1, 0.15) is 28.2 Å². The smallest absolute Gasteiger partial charge is 0.201 e. The average molecular weight is 1240 g/mol. The summed E-state index contributed by atoms with van der Waals surface area (Å²) in [4.78, 5) is 0. The van der Waals surface area contributed by atoms with Crippen molar-refractivity contribution in [3.8, 4) is 89.5 Å². The van der Waals surface area contributed by atoms with Gasteiger partial charge in [-0.3, -0.25) is 0 Å². The lowest BCUT2D eigenvalue weighted by Crippen LogP contribution is -2.32. The SMILES string of the molecule is [2H]C([2H])([2H])c1cc(C)c(-c2ccc(C([2H])([2H])C(C)(C)C)c[n+]2C)cc1-c1ccccc1.[2H]c1c([2H])c([2H])c(-c2cc(-c3cc(C)c(C([2H])([2H])[2H])c[n+]3C)c(C)cc2C([2H])([2H])[2H])c([2H])c1[2H].[2H]c1c([2H])c([2H])c(-c2cc(-c3ccc(C([2H])([2H])[2H])c[n+]3C)c(C)cc2C([2H])([2H])[2H])c([2H])c1[2H].[2H]c1c([2H])c([2H])c(-c2cc(-c3cccc[n+]3C)c(C)cc2C([2H])([2H])[2H])c([2H])c1[2H]. The molecule has 0 N–H and O–H groups in total. The predicted octanol–water partition coefficient (Wildman–Crippen LogP) is 20.4. The minimum absolute atomic E-state index is 0.00694. The first-order chi connectivity index (χ1) is 58.2. The van der Waals surface area contributed by atoms with E-state index in [2.05, 4.69) is 0 Å². The van der Waals surface area contributed by atoms with Crippen LogP contribution in [0, 0.1) is 81.1 Å². The van der Waals surface area contributed by atoms with Crippen molar-refractivity contribution in [2.24, 2.45) is 33.6 Å². The van der Waals surface area contributed by atoms with Crippen molar-refractivity contribution >= 4 is 0 Å². The highest BCUT2D eigenvalue weighted by atomic mass is 14.9. The molecule has 0 saturated carbocycles. The first-order valence-corrected chi connectivity index (χ1v) is 29.5. The largest absolute Gasteiger partial charge is 0.212 e. The monoisotopic (exact) mass is 1240 g/mol. The molecule has 0 fully saturated rings. The van der Waals surface area contributed by atoms with Crippen LogP contribution in [0.1, 0.15) is 136 Å². The van der Waals surface area contributed by atoms with E-state index in [-0.39, 0.29) is 61.2 Å². The van der Waals surface area contributed by atoms with Crippen LogP contribution in [0.2, 0.25) is 0 Å². The summed E-state index contributed by atoms with van der Waals surface area (Å²) in [5.74, 6) is 0. The maximum atomic E-state index is 8.57. The Morgan fingerprint density at radius 2 is 0.717 bits per heavy atom. The number of aromatic nitrogens is 4. The van der Waals surface area contributed by atoms with Gasteiger partial charge in [0.2, 0.25) is 22.8 Å². The number of nitrogens with zero attached hydrogens (tertiary/aromatic N) is 4. The van der Waals surface area contributed by atoms with Crippen LogP contribution in [0.3, 0.4) is 0 Å². The van der Waals surface area contributed by atoms with E-state index in [1.165, 1.54) is 48.8 Å². The molecule has 0 atom stereocenters. The van der Waals surface area contributed by atoms with Gasteiger partial charge in [0, 0.05) is 96.7 Å². The molecule has 8 aromatic carbocycles. The van der Waals surface area contributed by atoms with Crippen molar-refractivity contribution in [2.75, 3.05) is 0 Å². The Hall–Kier alpha value is -9.64. The van der Waals surface area contributed by atoms with Gasteiger partial charge >= 0.3 is 0 Å². The molecule has 0 saturated heterocycles. The van der Waals surface area contributed by atoms with Crippen LogP contribution in [0.4, 0.5) is 0 Å². The lowest BCUT2D eigenvalue weighted by atomic mass is 9.88. The molecule has 4 aromatic heterocycles. The predicted molar refractivity (Wildman–Crippen MR) is 389 cm³/mol. The maximum Gasteiger partial charge on any atom is 0.212 e. The van der Waals surface area contributed by atoms with E-state index in [0.717, 1.165) is 33.6 Å². The van der Waals surface area contributed by atoms with Crippen molar-refractivity contribution in [1.29, 1.82) is 0 Å². The third kappa shape index (κ3) is 16.3. The van der Waals surface area contributed by atoms with E-state index in [9.17, 15) is 0 Å². The molecule has 0 aliphatic carbocycles. The van der Waals surface area contributed by atoms with Crippen molar-refractivity contribution in [3.63, 3.8) is 0 Å². The lowest BCUT2D eigenvalue weighted by Gasteiger charge is -2.17. The summed E-state index contributed by atoms with van der Waals surface area (Å²) >= 11 is 0. The third-order valence-corrected chi connectivity index (χ3v) is 15.3. The number of benzene rings is 8. The normalized spacial score (nSPS) is 17.5. The van der Waals surface area contributed by atoms with Crippen molar-refractivity contribution < 1.29 is 66.2 Å². The van der Waals surface area contributed by atoms with E-state index >= 15 is 0 Å². The Bertz CT molecular complexity index is 6200. The van der Waals surface area contributed by atoms with Crippen molar-refractivity contribution in [3.05, 3.63) is 310 Å². The van der Waals surface area contributed by atoms with Crippen LogP contribution >= 0.6 is 0 Å². The third-order valence-electron chi connectivity index (χ3n) is 15.3. The summed E-state index contributed by atoms with van der Waals surface area (Å²) in [6.45, 7) is -0.0621. The van der Waals surface area contributed by atoms with Gasteiger partial charge in [-0.2, -0.15) is 0 Å². The molecule has 0 spiro atoms. The zero-order valence-corrected chi connectivity index (χ0v) is 53.7. The minimum atomic E-state index is -2.61. The Balaban J connectivity index is 0.000000192. The van der Waals surface area contributed by atoms with Gasteiger partial charge in [-0.1, -0.05) is 166 Å². The topological polar surface area (TPSA) is 15.5 Å². The maximum absolute atomic E-state index is 8.57. The van der Waals surface area contributed by atoms with E-state index < -0.39 is 144 Å². The molecule has 0 unspecified atom stereocenters. The minimum Gasteiger partial charge on any atom is -0.201 e. The molecule has 0 aliphatic rings. The number of pyridine rings is 4. The molecule has 12 rings (SSSR count). The fraction of sp³-hybridized carbons (Fsp3) is 0.227. The van der Waals surface area contributed by atoms with E-state index in [1.807, 2.05) is 130 Å². The number of hydrogen-bond donors (Lipinski definition) is 0. The molecular formula is C88H96N4+4. The van der Waals surface area contributed by atoms with Gasteiger partial charge in [-0.15, -0.1) is 0 Å². The summed E-state index contributed by atoms with van der Waals surface area (Å²) < 4.78 is 287. The molecule has 92 heavy (non-hydrogen) atoms. The van der Waals surface area contributed by atoms with Crippen LogP contribution in [0.15, 0.2) is 243 Å². The van der Waals surface area contributed by atoms with Crippen molar-refractivity contribution in [2.45, 2.75) is 103 Å². The molecule has 0 radical (unpaired) electrons. The van der Waals surface area contributed by atoms with Crippen LogP contribution < -0.4 is 18.3 Å². The summed E-state index contributed by atoms with van der Waals surface area (Å²) in [6.07, 6.45) is 5.16. The quantitative estimate of drug-likeness (QED) is 0.128. The lowest BCUT2D eigenvalue weighted by molar-refractivity contribution is -0.661. The highest BCUT2D eigenvalue weighted by Crippen LogP contribution is 2.36. The van der Waals surface area contributed by atoms with Crippen LogP contribution in [-0.4, -0.2) is 0 Å². The summed E-state index contributed by atoms with van der Waals surface area (Å²) in [7, 11) is 7.09. The second kappa shape index (κ2) is 29.5. The van der Waals surface area contributed by atoms with E-state index in [0.29, 0.717) is 61.5 Å². The number of aryl methyl sites for hydroxylation is 15. The van der Waals surface area contributed by atoms with Crippen LogP contribution in [0.25, 0.3) is 89.5 Å². The van der Waals surface area contributed by atoms with Gasteiger partial charge in [-0.05, 0) is 225 Å². The standard InChI is InChI=1S/C25H30N.C22H24N.C21H22N.C20H20N/c1-18-14-19(2)23(15-22(18)21-10-8-7-9-11-21)24-13-12-20(17-26(24)6)16-25(3,4)5;1-15-12-22(23(5)14-18(15)4)21-13-20(16(2)11-17(21)3)19-9-7-6-8-10-19;1-15-10-11-21(22(4)14-15)20-13-19(16(2)12-17(20)3)18-8-6-5-7-9-18;1-15-13-16(2)19(20-11-7-8-12-21(20)3)14-18(15)17-9-5-4-6-10-17/h7-15,17H,16H2,1-6H3;6-14H,1-5H3;5-14H,1-4H3;4-14H,1-3H3/q4*+1/i1D3,16D2;2D3,4D3,6D,7D,8D,9D,10D;1D3,2D3,5D,6D,7D,8D,9D;1D3,4D,5D,6D,9D,10D. The highest BCUT2D eigenvalue weighted by Gasteiger charge is 2.21. The van der Waals surface area contributed by atoms with E-state index in [1.54, 1.807) is 75.2 Å². The average Bonchev–Trinajstić information content (AvgIpc) is 0.755. The van der Waals surface area contributed by atoms with Crippen LogP contribution in [-0.2, 0) is 34.6 Å².